The van der Waals surface area contributed by atoms with Gasteiger partial charge in [-0.1, -0.05) is 19.4 Å². The number of carbonyl (C=O) groups is 1. The highest BCUT2D eigenvalue weighted by Crippen LogP contribution is 2.25. The van der Waals surface area contributed by atoms with Crippen LogP contribution in [0.25, 0.3) is 0 Å². The van der Waals surface area contributed by atoms with E-state index < -0.39 is 0 Å². The maximum absolute atomic E-state index is 11.8. The van der Waals surface area contributed by atoms with Gasteiger partial charge in [-0.25, -0.2) is 4.98 Å². The zero-order chi connectivity index (χ0) is 12.8. The lowest BCUT2D eigenvalue weighted by atomic mass is 10.2. The van der Waals surface area contributed by atoms with Crippen molar-refractivity contribution < 1.29 is 4.79 Å². The van der Waals surface area contributed by atoms with E-state index in [0.29, 0.717) is 11.9 Å². The van der Waals surface area contributed by atoms with E-state index in [4.69, 9.17) is 0 Å². The topological polar surface area (TPSA) is 33.2 Å². The second-order valence-electron chi connectivity index (χ2n) is 4.61. The van der Waals surface area contributed by atoms with E-state index in [2.05, 4.69) is 16.8 Å². The first-order chi connectivity index (χ1) is 8.81. The number of carbonyl (C=O) groups excluding carboxylic acids is 1. The van der Waals surface area contributed by atoms with Crippen LogP contribution >= 0.6 is 11.8 Å². The summed E-state index contributed by atoms with van der Waals surface area (Å²) in [7, 11) is 0. The molecular weight excluding hydrogens is 244 g/mol. The number of amides is 1. The zero-order valence-corrected chi connectivity index (χ0v) is 11.7. The summed E-state index contributed by atoms with van der Waals surface area (Å²) in [5.41, 5.74) is 0. The molecule has 2 heterocycles. The van der Waals surface area contributed by atoms with Crippen LogP contribution in [-0.2, 0) is 4.79 Å². The molecule has 1 aliphatic heterocycles. The highest BCUT2D eigenvalue weighted by atomic mass is 32.2. The standard InChI is InChI=1S/C14H20N2OS/c1-2-3-10-16-12(7-8-14(16)17)11-18-13-6-4-5-9-15-13/h4-6,9,12H,2-3,7-8,10-11H2,1H3. The molecule has 1 fully saturated rings. The Morgan fingerprint density at radius 3 is 3.11 bits per heavy atom. The van der Waals surface area contributed by atoms with Crippen LogP contribution in [0, 0.1) is 0 Å². The van der Waals surface area contributed by atoms with Gasteiger partial charge in [-0.05, 0) is 25.0 Å². The van der Waals surface area contributed by atoms with E-state index in [0.717, 1.165) is 43.0 Å². The van der Waals surface area contributed by atoms with Gasteiger partial charge in [0.05, 0.1) is 5.03 Å². The fourth-order valence-electron chi connectivity index (χ4n) is 2.22. The minimum atomic E-state index is 0.329. The second kappa shape index (κ2) is 6.78. The number of unbranched alkanes of at least 4 members (excludes halogenated alkanes) is 1. The minimum absolute atomic E-state index is 0.329. The monoisotopic (exact) mass is 264 g/mol. The van der Waals surface area contributed by atoms with Crippen molar-refractivity contribution in [1.29, 1.82) is 0 Å². The first-order valence-corrected chi connectivity index (χ1v) is 7.63. The molecule has 1 atom stereocenters. The Morgan fingerprint density at radius 1 is 1.50 bits per heavy atom. The van der Waals surface area contributed by atoms with Gasteiger partial charge in [0, 0.05) is 31.0 Å². The summed E-state index contributed by atoms with van der Waals surface area (Å²) in [5.74, 6) is 1.29. The molecule has 1 aliphatic rings. The van der Waals surface area contributed by atoms with Crippen molar-refractivity contribution in [3.05, 3.63) is 24.4 Å². The Balaban J connectivity index is 1.86. The third kappa shape index (κ3) is 3.48. The third-order valence-electron chi connectivity index (χ3n) is 3.27. The van der Waals surface area contributed by atoms with Gasteiger partial charge in [0.1, 0.15) is 0 Å². The fraction of sp³-hybridized carbons (Fsp3) is 0.571. The van der Waals surface area contributed by atoms with Crippen molar-refractivity contribution in [3.63, 3.8) is 0 Å². The van der Waals surface area contributed by atoms with E-state index in [9.17, 15) is 4.79 Å². The van der Waals surface area contributed by atoms with Crippen LogP contribution in [0.2, 0.25) is 0 Å². The molecule has 0 aliphatic carbocycles. The van der Waals surface area contributed by atoms with Crippen LogP contribution in [0.3, 0.4) is 0 Å². The summed E-state index contributed by atoms with van der Waals surface area (Å²) in [6.07, 6.45) is 5.79. The molecule has 98 valence electrons. The van der Waals surface area contributed by atoms with Crippen molar-refractivity contribution >= 4 is 17.7 Å². The van der Waals surface area contributed by atoms with Crippen LogP contribution in [0.4, 0.5) is 0 Å². The smallest absolute Gasteiger partial charge is 0.222 e. The number of hydrogen-bond acceptors (Lipinski definition) is 3. The van der Waals surface area contributed by atoms with Crippen molar-refractivity contribution in [3.8, 4) is 0 Å². The van der Waals surface area contributed by atoms with Gasteiger partial charge in [0.25, 0.3) is 0 Å². The van der Waals surface area contributed by atoms with Crippen LogP contribution in [-0.4, -0.2) is 34.1 Å². The molecule has 0 aromatic carbocycles. The molecule has 0 bridgehead atoms. The quantitative estimate of drug-likeness (QED) is 0.741. The average molecular weight is 264 g/mol. The molecule has 0 radical (unpaired) electrons. The number of thioether (sulfide) groups is 1. The van der Waals surface area contributed by atoms with Gasteiger partial charge >= 0.3 is 0 Å². The first-order valence-electron chi connectivity index (χ1n) is 6.64. The van der Waals surface area contributed by atoms with Gasteiger partial charge in [0.2, 0.25) is 5.91 Å². The van der Waals surface area contributed by atoms with Crippen LogP contribution in [0.15, 0.2) is 29.4 Å². The van der Waals surface area contributed by atoms with E-state index in [1.54, 1.807) is 11.8 Å². The number of rotatable bonds is 6. The number of pyridine rings is 1. The maximum atomic E-state index is 11.8. The van der Waals surface area contributed by atoms with Crippen molar-refractivity contribution in [1.82, 2.24) is 9.88 Å². The van der Waals surface area contributed by atoms with Gasteiger partial charge in [0.15, 0.2) is 0 Å². The first kappa shape index (κ1) is 13.4. The normalized spacial score (nSPS) is 19.5. The predicted octanol–water partition coefficient (Wildman–Crippen LogP) is 2.96. The SMILES string of the molecule is CCCCN1C(=O)CCC1CSc1ccccn1. The Kier molecular flexibility index (Phi) is 5.05. The highest BCUT2D eigenvalue weighted by molar-refractivity contribution is 7.99. The molecule has 4 heteroatoms. The maximum Gasteiger partial charge on any atom is 0.222 e. The second-order valence-corrected chi connectivity index (χ2v) is 5.65. The molecule has 1 aromatic rings. The lowest BCUT2D eigenvalue weighted by Gasteiger charge is -2.24. The Bertz CT molecular complexity index is 383. The Labute approximate surface area is 113 Å². The van der Waals surface area contributed by atoms with Gasteiger partial charge in [-0.15, -0.1) is 11.8 Å². The summed E-state index contributed by atoms with van der Waals surface area (Å²) >= 11 is 1.75. The summed E-state index contributed by atoms with van der Waals surface area (Å²) in [4.78, 5) is 18.2. The molecule has 1 aromatic heterocycles. The predicted molar refractivity (Wildman–Crippen MR) is 74.6 cm³/mol. The Morgan fingerprint density at radius 2 is 2.39 bits per heavy atom. The van der Waals surface area contributed by atoms with E-state index in [1.165, 1.54) is 0 Å². The summed E-state index contributed by atoms with van der Waals surface area (Å²) < 4.78 is 0. The molecular formula is C14H20N2OS. The zero-order valence-electron chi connectivity index (χ0n) is 10.8. The van der Waals surface area contributed by atoms with Crippen molar-refractivity contribution in [2.75, 3.05) is 12.3 Å². The van der Waals surface area contributed by atoms with E-state index >= 15 is 0 Å². The summed E-state index contributed by atoms with van der Waals surface area (Å²) in [6, 6.07) is 6.36. The molecule has 2 rings (SSSR count). The lowest BCUT2D eigenvalue weighted by molar-refractivity contribution is -0.128. The van der Waals surface area contributed by atoms with Gasteiger partial charge in [-0.2, -0.15) is 0 Å². The molecule has 18 heavy (non-hydrogen) atoms. The van der Waals surface area contributed by atoms with Crippen molar-refractivity contribution in [2.24, 2.45) is 0 Å². The lowest BCUT2D eigenvalue weighted by Crippen LogP contribution is -2.35. The molecule has 1 saturated heterocycles. The van der Waals surface area contributed by atoms with Crippen LogP contribution < -0.4 is 0 Å². The van der Waals surface area contributed by atoms with Crippen LogP contribution in [0.5, 0.6) is 0 Å². The number of hydrogen-bond donors (Lipinski definition) is 0. The summed E-state index contributed by atoms with van der Waals surface area (Å²) in [6.45, 7) is 3.08. The Hall–Kier alpha value is -1.03. The molecule has 0 spiro atoms. The van der Waals surface area contributed by atoms with E-state index in [1.807, 2.05) is 24.4 Å². The molecule has 0 saturated carbocycles. The van der Waals surface area contributed by atoms with Gasteiger partial charge in [-0.3, -0.25) is 4.79 Å². The molecule has 0 N–H and O–H groups in total. The molecule has 1 unspecified atom stereocenters. The highest BCUT2D eigenvalue weighted by Gasteiger charge is 2.30. The molecule has 3 nitrogen and oxygen atoms in total. The molecule has 1 amide bonds. The minimum Gasteiger partial charge on any atom is -0.339 e. The summed E-state index contributed by atoms with van der Waals surface area (Å²) in [5, 5.41) is 1.05. The number of aromatic nitrogens is 1. The fourth-order valence-corrected chi connectivity index (χ4v) is 3.24. The largest absolute Gasteiger partial charge is 0.339 e. The van der Waals surface area contributed by atoms with Crippen LogP contribution in [0.1, 0.15) is 32.6 Å². The number of likely N-dealkylation sites (tertiary alicyclic amines) is 1. The van der Waals surface area contributed by atoms with Gasteiger partial charge < -0.3 is 4.90 Å². The third-order valence-corrected chi connectivity index (χ3v) is 4.36. The van der Waals surface area contributed by atoms with E-state index in [-0.39, 0.29) is 0 Å². The van der Waals surface area contributed by atoms with Crippen molar-refractivity contribution in [2.45, 2.75) is 43.7 Å². The number of nitrogens with zero attached hydrogens (tertiary/aromatic N) is 2. The average Bonchev–Trinajstić information content (AvgIpc) is 2.76.